The first kappa shape index (κ1) is 23.6. The third kappa shape index (κ3) is 5.43. The van der Waals surface area contributed by atoms with Gasteiger partial charge in [0, 0.05) is 16.7 Å². The summed E-state index contributed by atoms with van der Waals surface area (Å²) in [5.41, 5.74) is 2.95. The van der Waals surface area contributed by atoms with Crippen LogP contribution in [0.2, 0.25) is 9.36 Å². The Hall–Kier alpha value is -2.01. The third-order valence-electron chi connectivity index (χ3n) is 4.90. The molecule has 0 saturated heterocycles. The highest BCUT2D eigenvalue weighted by molar-refractivity contribution is 7.17. The summed E-state index contributed by atoms with van der Waals surface area (Å²) in [7, 11) is 0. The van der Waals surface area contributed by atoms with Gasteiger partial charge in [0.05, 0.1) is 14.2 Å². The first-order chi connectivity index (χ1) is 14.4. The SMILES string of the molecule is CC(C)(C)C1=CC(=C(N=Nc2ccccc2Cl)c2ccc(Cl)s2)C=C(C(C)(C)C)C1=O. The second-order valence-electron chi connectivity index (χ2n) is 9.50. The van der Waals surface area contributed by atoms with Crippen LogP contribution in [0.5, 0.6) is 0 Å². The summed E-state index contributed by atoms with van der Waals surface area (Å²) in [5, 5.41) is 9.53. The Labute approximate surface area is 198 Å². The molecule has 1 heterocycles. The van der Waals surface area contributed by atoms with Crippen molar-refractivity contribution in [1.29, 1.82) is 0 Å². The molecule has 0 atom stereocenters. The van der Waals surface area contributed by atoms with Crippen molar-refractivity contribution in [3.63, 3.8) is 0 Å². The number of halogens is 2. The normalized spacial score (nSPS) is 15.4. The van der Waals surface area contributed by atoms with E-state index in [9.17, 15) is 4.79 Å². The number of thiophene rings is 1. The summed E-state index contributed by atoms with van der Waals surface area (Å²) in [4.78, 5) is 14.2. The number of hydrogen-bond donors (Lipinski definition) is 0. The number of carbonyl (C=O) groups is 1. The number of azo groups is 1. The smallest absolute Gasteiger partial charge is 0.186 e. The number of carbonyl (C=O) groups excluding carboxylic acids is 1. The van der Waals surface area contributed by atoms with E-state index in [4.69, 9.17) is 23.2 Å². The van der Waals surface area contributed by atoms with Gasteiger partial charge in [0.15, 0.2) is 5.78 Å². The highest BCUT2D eigenvalue weighted by atomic mass is 35.5. The molecule has 3 rings (SSSR count). The lowest BCUT2D eigenvalue weighted by molar-refractivity contribution is -0.114. The first-order valence-corrected chi connectivity index (χ1v) is 11.6. The molecule has 0 radical (unpaired) electrons. The van der Waals surface area contributed by atoms with Gasteiger partial charge in [-0.1, -0.05) is 76.9 Å². The van der Waals surface area contributed by atoms with E-state index < -0.39 is 0 Å². The van der Waals surface area contributed by atoms with Crippen molar-refractivity contribution in [2.45, 2.75) is 41.5 Å². The number of benzene rings is 1. The monoisotopic (exact) mass is 472 g/mol. The number of Topliss-reactive ketones (excluding diaryl/α,β-unsaturated/α-hetero) is 1. The van der Waals surface area contributed by atoms with Gasteiger partial charge in [-0.2, -0.15) is 0 Å². The van der Waals surface area contributed by atoms with Gasteiger partial charge in [0.25, 0.3) is 0 Å². The molecular weight excluding hydrogens is 447 g/mol. The maximum absolute atomic E-state index is 13.3. The van der Waals surface area contributed by atoms with Gasteiger partial charge in [0.2, 0.25) is 0 Å². The Bertz CT molecular complexity index is 1100. The van der Waals surface area contributed by atoms with Gasteiger partial charge in [-0.3, -0.25) is 4.79 Å². The summed E-state index contributed by atoms with van der Waals surface area (Å²) in [5.74, 6) is 0.0790. The second-order valence-corrected chi connectivity index (χ2v) is 11.6. The van der Waals surface area contributed by atoms with Crippen LogP contribution in [0.3, 0.4) is 0 Å². The van der Waals surface area contributed by atoms with Crippen LogP contribution >= 0.6 is 34.5 Å². The van der Waals surface area contributed by atoms with Gasteiger partial charge in [0.1, 0.15) is 11.4 Å². The summed E-state index contributed by atoms with van der Waals surface area (Å²) >= 11 is 13.9. The zero-order valence-corrected chi connectivity index (χ0v) is 20.9. The standard InChI is InChI=1S/C25H26Cl2N2OS/c1-24(2,3)16-13-15(14-17(23(16)30)25(4,5)6)22(20-11-12-21(27)31-20)29-28-19-10-8-7-9-18(19)26/h7-14H,1-6H3. The van der Waals surface area contributed by atoms with Crippen molar-refractivity contribution >= 4 is 51.7 Å². The van der Waals surface area contributed by atoms with E-state index in [1.165, 1.54) is 11.3 Å². The van der Waals surface area contributed by atoms with E-state index in [1.807, 2.05) is 84.0 Å². The zero-order chi connectivity index (χ0) is 23.0. The van der Waals surface area contributed by atoms with Crippen molar-refractivity contribution in [2.75, 3.05) is 0 Å². The molecule has 2 aromatic rings. The molecule has 1 aromatic carbocycles. The van der Waals surface area contributed by atoms with Crippen LogP contribution in [0.1, 0.15) is 46.4 Å². The number of ketones is 1. The van der Waals surface area contributed by atoms with Gasteiger partial charge in [-0.15, -0.1) is 21.6 Å². The number of hydrogen-bond acceptors (Lipinski definition) is 4. The van der Waals surface area contributed by atoms with Crippen molar-refractivity contribution < 1.29 is 4.79 Å². The predicted molar refractivity (Wildman–Crippen MR) is 132 cm³/mol. The molecule has 1 aliphatic carbocycles. The molecule has 0 N–H and O–H groups in total. The lowest BCUT2D eigenvalue weighted by atomic mass is 9.71. The molecular formula is C25H26Cl2N2OS. The Morgan fingerprint density at radius 1 is 0.871 bits per heavy atom. The predicted octanol–water partition coefficient (Wildman–Crippen LogP) is 9.08. The van der Waals surface area contributed by atoms with Gasteiger partial charge >= 0.3 is 0 Å². The molecule has 162 valence electrons. The van der Waals surface area contributed by atoms with Crippen molar-refractivity contribution in [3.8, 4) is 0 Å². The van der Waals surface area contributed by atoms with E-state index >= 15 is 0 Å². The Morgan fingerprint density at radius 3 is 1.94 bits per heavy atom. The van der Waals surface area contributed by atoms with Crippen molar-refractivity contribution in [2.24, 2.45) is 21.1 Å². The molecule has 0 fully saturated rings. The molecule has 0 unspecified atom stereocenters. The fourth-order valence-corrected chi connectivity index (χ4v) is 4.43. The maximum Gasteiger partial charge on any atom is 0.186 e. The second kappa shape index (κ2) is 8.85. The minimum absolute atomic E-state index is 0.0790. The molecule has 0 spiro atoms. The quantitative estimate of drug-likeness (QED) is 0.410. The molecule has 0 amide bonds. The molecule has 3 nitrogen and oxygen atoms in total. The van der Waals surface area contributed by atoms with Crippen LogP contribution in [-0.4, -0.2) is 5.78 Å². The molecule has 6 heteroatoms. The highest BCUT2D eigenvalue weighted by Gasteiger charge is 2.34. The van der Waals surface area contributed by atoms with Crippen LogP contribution in [0.4, 0.5) is 5.69 Å². The molecule has 1 aliphatic rings. The van der Waals surface area contributed by atoms with Gasteiger partial charge in [-0.05, 0) is 47.2 Å². The molecule has 0 bridgehead atoms. The average Bonchev–Trinajstić information content (AvgIpc) is 3.08. The first-order valence-electron chi connectivity index (χ1n) is 10.0. The number of allylic oxidation sites excluding steroid dienone is 5. The van der Waals surface area contributed by atoms with Crippen LogP contribution in [-0.2, 0) is 4.79 Å². The van der Waals surface area contributed by atoms with Crippen LogP contribution in [0.25, 0.3) is 5.70 Å². The van der Waals surface area contributed by atoms with Gasteiger partial charge < -0.3 is 0 Å². The summed E-state index contributed by atoms with van der Waals surface area (Å²) in [6, 6.07) is 11.1. The summed E-state index contributed by atoms with van der Waals surface area (Å²) in [6.45, 7) is 12.3. The molecule has 0 saturated carbocycles. The van der Waals surface area contributed by atoms with E-state index in [0.29, 0.717) is 20.7 Å². The fourth-order valence-electron chi connectivity index (χ4n) is 3.21. The minimum atomic E-state index is -0.314. The van der Waals surface area contributed by atoms with E-state index in [-0.39, 0.29) is 16.6 Å². The fraction of sp³-hybridized carbons (Fsp3) is 0.320. The summed E-state index contributed by atoms with van der Waals surface area (Å²) < 4.78 is 0.660. The number of rotatable bonds is 3. The zero-order valence-electron chi connectivity index (χ0n) is 18.6. The molecule has 1 aromatic heterocycles. The lowest BCUT2D eigenvalue weighted by Gasteiger charge is -2.31. The van der Waals surface area contributed by atoms with Crippen molar-refractivity contribution in [3.05, 3.63) is 79.5 Å². The largest absolute Gasteiger partial charge is 0.289 e. The lowest BCUT2D eigenvalue weighted by Crippen LogP contribution is -2.28. The van der Waals surface area contributed by atoms with Crippen LogP contribution in [0.15, 0.2) is 75.5 Å². The average molecular weight is 473 g/mol. The van der Waals surface area contributed by atoms with E-state index in [2.05, 4.69) is 10.2 Å². The Morgan fingerprint density at radius 2 is 1.45 bits per heavy atom. The third-order valence-corrected chi connectivity index (χ3v) is 6.45. The van der Waals surface area contributed by atoms with E-state index in [0.717, 1.165) is 21.6 Å². The van der Waals surface area contributed by atoms with Crippen LogP contribution < -0.4 is 0 Å². The number of nitrogens with zero attached hydrogens (tertiary/aromatic N) is 2. The molecule has 31 heavy (non-hydrogen) atoms. The van der Waals surface area contributed by atoms with Gasteiger partial charge in [-0.25, -0.2) is 0 Å². The Kier molecular flexibility index (Phi) is 6.75. The Balaban J connectivity index is 2.28. The minimum Gasteiger partial charge on any atom is -0.289 e. The van der Waals surface area contributed by atoms with E-state index in [1.54, 1.807) is 6.07 Å². The highest BCUT2D eigenvalue weighted by Crippen LogP contribution is 2.42. The van der Waals surface area contributed by atoms with Crippen LogP contribution in [0, 0.1) is 10.8 Å². The summed E-state index contributed by atoms with van der Waals surface area (Å²) in [6.07, 6.45) is 3.87. The topological polar surface area (TPSA) is 41.8 Å². The molecule has 0 aliphatic heterocycles. The maximum atomic E-state index is 13.3. The van der Waals surface area contributed by atoms with Crippen molar-refractivity contribution in [1.82, 2.24) is 0 Å².